The summed E-state index contributed by atoms with van der Waals surface area (Å²) >= 11 is 1.67. The number of hydrogen-bond acceptors (Lipinski definition) is 11. The molecule has 4 atom stereocenters. The molecule has 13 heteroatoms. The maximum Gasteiger partial charge on any atom is 0.140 e. The zero-order valence-corrected chi connectivity index (χ0v) is 22.8. The summed E-state index contributed by atoms with van der Waals surface area (Å²) in [5, 5.41) is 27.2. The van der Waals surface area contributed by atoms with Crippen LogP contribution in [0.5, 0.6) is 0 Å². The SMILES string of the molecule is C=CC1=C(C=C)NC(C2C=NC(c3c4cscc4c(C4N=CC(C5Nc6ccccc6N5)NN4)c4[nH][nH]c34)NN2)N1. The molecular formula is C28H30N12S. The lowest BCUT2D eigenvalue weighted by Gasteiger charge is -2.32. The third-order valence-corrected chi connectivity index (χ3v) is 8.79. The first-order valence-corrected chi connectivity index (χ1v) is 14.5. The highest BCUT2D eigenvalue weighted by molar-refractivity contribution is 7.09. The Bertz CT molecular complexity index is 1710. The number of nitrogens with one attached hydrogen (secondary N) is 10. The number of aromatic nitrogens is 2. The third kappa shape index (κ3) is 3.89. The Morgan fingerprint density at radius 1 is 0.659 bits per heavy atom. The highest BCUT2D eigenvalue weighted by Gasteiger charge is 2.34. The van der Waals surface area contributed by atoms with E-state index >= 15 is 0 Å². The van der Waals surface area contributed by atoms with Crippen molar-refractivity contribution in [1.82, 2.24) is 42.5 Å². The van der Waals surface area contributed by atoms with Gasteiger partial charge in [0.15, 0.2) is 0 Å². The number of benzene rings is 2. The van der Waals surface area contributed by atoms with Gasteiger partial charge in [-0.2, -0.15) is 11.3 Å². The minimum Gasteiger partial charge on any atom is -0.362 e. The number of para-hydroxylation sites is 2. The standard InChI is InChI=1S/C28H30N12S/c1-3-15-16(4-2)32-25(31-15)19-9-29-27(39-35-19)21-13-11-41-12-14(13)22(24-23(21)37-38-24)28-30-10-20(36-40-28)26-33-17-7-5-6-8-18(17)34-26/h3-12,19-20,25-28,31-40H,1-2H2. The molecule has 6 heterocycles. The fourth-order valence-corrected chi connectivity index (χ4v) is 6.81. The molecule has 0 saturated heterocycles. The van der Waals surface area contributed by atoms with Crippen molar-refractivity contribution in [2.24, 2.45) is 9.98 Å². The van der Waals surface area contributed by atoms with Gasteiger partial charge >= 0.3 is 0 Å². The summed E-state index contributed by atoms with van der Waals surface area (Å²) in [6.07, 6.45) is 6.92. The van der Waals surface area contributed by atoms with Gasteiger partial charge in [-0.1, -0.05) is 25.3 Å². The Labute approximate surface area is 239 Å². The molecule has 8 rings (SSSR count). The molecule has 0 fully saturated rings. The van der Waals surface area contributed by atoms with Crippen LogP contribution in [0.4, 0.5) is 11.4 Å². The predicted octanol–water partition coefficient (Wildman–Crippen LogP) is 2.77. The van der Waals surface area contributed by atoms with Crippen molar-refractivity contribution in [2.45, 2.75) is 36.7 Å². The second-order valence-electron chi connectivity index (χ2n) is 10.4. The summed E-state index contributed by atoms with van der Waals surface area (Å²) in [4.78, 5) is 9.87. The Hall–Kier alpha value is -4.40. The molecule has 0 bridgehead atoms. The first kappa shape index (κ1) is 24.4. The van der Waals surface area contributed by atoms with Crippen molar-refractivity contribution >= 4 is 56.9 Å². The predicted molar refractivity (Wildman–Crippen MR) is 166 cm³/mol. The maximum absolute atomic E-state index is 4.95. The number of hydrogen-bond donors (Lipinski definition) is 10. The molecule has 0 saturated carbocycles. The summed E-state index contributed by atoms with van der Waals surface area (Å²) in [6.45, 7) is 7.76. The van der Waals surface area contributed by atoms with Gasteiger partial charge in [-0.3, -0.25) is 20.2 Å². The second kappa shape index (κ2) is 9.61. The van der Waals surface area contributed by atoms with Gasteiger partial charge in [-0.05, 0) is 35.0 Å². The van der Waals surface area contributed by atoms with E-state index in [-0.39, 0.29) is 36.7 Å². The molecule has 208 valence electrons. The van der Waals surface area contributed by atoms with Crippen molar-refractivity contribution in [2.75, 3.05) is 10.6 Å². The Balaban J connectivity index is 1.04. The molecule has 0 spiro atoms. The zero-order valence-electron chi connectivity index (χ0n) is 22.0. The minimum absolute atomic E-state index is 0.000400. The molecule has 0 aliphatic carbocycles. The van der Waals surface area contributed by atoms with Crippen molar-refractivity contribution in [3.05, 3.63) is 82.9 Å². The number of fused-ring (bicyclic) bond motifs is 3. The maximum atomic E-state index is 4.95. The van der Waals surface area contributed by atoms with Gasteiger partial charge < -0.3 is 21.3 Å². The molecular weight excluding hydrogens is 536 g/mol. The Morgan fingerprint density at radius 3 is 1.56 bits per heavy atom. The number of aliphatic imine (C=N–C) groups is 2. The molecule has 41 heavy (non-hydrogen) atoms. The number of thiophene rings is 1. The van der Waals surface area contributed by atoms with Crippen molar-refractivity contribution in [3.8, 4) is 0 Å². The van der Waals surface area contributed by atoms with Gasteiger partial charge in [0.2, 0.25) is 0 Å². The molecule has 4 aromatic rings. The van der Waals surface area contributed by atoms with Crippen LogP contribution in [0.1, 0.15) is 23.5 Å². The molecule has 0 amide bonds. The van der Waals surface area contributed by atoms with Crippen LogP contribution < -0.4 is 43.0 Å². The summed E-state index contributed by atoms with van der Waals surface area (Å²) < 4.78 is 0. The van der Waals surface area contributed by atoms with Crippen molar-refractivity contribution in [3.63, 3.8) is 0 Å². The first-order chi connectivity index (χ1) is 20.2. The van der Waals surface area contributed by atoms with E-state index in [2.05, 4.69) is 89.2 Å². The van der Waals surface area contributed by atoms with E-state index in [4.69, 9.17) is 9.98 Å². The van der Waals surface area contributed by atoms with Gasteiger partial charge in [0.1, 0.15) is 24.7 Å². The number of hydrazine groups is 2. The first-order valence-electron chi connectivity index (χ1n) is 13.5. The number of nitrogens with zero attached hydrogens (tertiary/aromatic N) is 2. The Morgan fingerprint density at radius 2 is 1.15 bits per heavy atom. The number of anilines is 2. The summed E-state index contributed by atoms with van der Waals surface area (Å²) in [5.74, 6) is 0. The lowest BCUT2D eigenvalue weighted by molar-refractivity contribution is 0.351. The van der Waals surface area contributed by atoms with Crippen molar-refractivity contribution < 1.29 is 0 Å². The van der Waals surface area contributed by atoms with E-state index in [1.807, 2.05) is 24.6 Å². The van der Waals surface area contributed by atoms with Crippen LogP contribution in [-0.4, -0.2) is 47.0 Å². The Kier molecular flexibility index (Phi) is 5.72. The summed E-state index contributed by atoms with van der Waals surface area (Å²) in [6, 6.07) is 8.10. The quantitative estimate of drug-likeness (QED) is 0.171. The van der Waals surface area contributed by atoms with E-state index in [9.17, 15) is 0 Å². The monoisotopic (exact) mass is 566 g/mol. The molecule has 12 nitrogen and oxygen atoms in total. The topological polar surface area (TPSA) is 153 Å². The lowest BCUT2D eigenvalue weighted by Crippen LogP contribution is -2.58. The van der Waals surface area contributed by atoms with Crippen LogP contribution in [0.15, 0.2) is 81.7 Å². The molecule has 10 N–H and O–H groups in total. The van der Waals surface area contributed by atoms with E-state index < -0.39 is 0 Å². The smallest absolute Gasteiger partial charge is 0.140 e. The number of H-pyrrole nitrogens is 2. The van der Waals surface area contributed by atoms with Gasteiger partial charge in [-0.15, -0.1) is 0 Å². The van der Waals surface area contributed by atoms with Gasteiger partial charge in [0, 0.05) is 34.3 Å². The van der Waals surface area contributed by atoms with Crippen LogP contribution in [0.2, 0.25) is 0 Å². The second-order valence-corrected chi connectivity index (χ2v) is 11.1. The number of rotatable bonds is 6. The highest BCUT2D eigenvalue weighted by atomic mass is 32.1. The summed E-state index contributed by atoms with van der Waals surface area (Å²) in [7, 11) is 0. The average Bonchev–Trinajstić information content (AvgIpc) is 3.76. The molecule has 4 unspecified atom stereocenters. The third-order valence-electron chi connectivity index (χ3n) is 8.04. The normalized spacial score (nSPS) is 26.1. The molecule has 2 aromatic heterocycles. The van der Waals surface area contributed by atoms with E-state index in [0.29, 0.717) is 0 Å². The van der Waals surface area contributed by atoms with Gasteiger partial charge in [0.05, 0.1) is 45.9 Å². The van der Waals surface area contributed by atoms with Gasteiger partial charge in [-0.25, -0.2) is 21.7 Å². The number of aromatic amines is 2. The minimum atomic E-state index is -0.265. The van der Waals surface area contributed by atoms with Gasteiger partial charge in [0.25, 0.3) is 0 Å². The van der Waals surface area contributed by atoms with Crippen LogP contribution in [0, 0.1) is 0 Å². The average molecular weight is 567 g/mol. The van der Waals surface area contributed by atoms with Crippen LogP contribution in [0.25, 0.3) is 21.8 Å². The van der Waals surface area contributed by atoms with Crippen LogP contribution in [0.3, 0.4) is 0 Å². The summed E-state index contributed by atoms with van der Waals surface area (Å²) in [5.41, 5.74) is 22.0. The van der Waals surface area contributed by atoms with Crippen molar-refractivity contribution in [1.29, 1.82) is 0 Å². The van der Waals surface area contributed by atoms with E-state index in [0.717, 1.165) is 55.7 Å². The fraction of sp³-hybridized carbons (Fsp3) is 0.214. The molecule has 4 aliphatic heterocycles. The fourth-order valence-electron chi connectivity index (χ4n) is 5.96. The number of allylic oxidation sites excluding steroid dienone is 2. The zero-order chi connectivity index (χ0) is 27.5. The highest BCUT2D eigenvalue weighted by Crippen LogP contribution is 2.41. The largest absolute Gasteiger partial charge is 0.362 e. The van der Waals surface area contributed by atoms with E-state index in [1.54, 1.807) is 23.5 Å². The lowest BCUT2D eigenvalue weighted by atomic mass is 9.96. The van der Waals surface area contributed by atoms with Crippen LogP contribution >= 0.6 is 11.3 Å². The molecule has 0 radical (unpaired) electrons. The molecule has 2 aromatic carbocycles. The molecule has 4 aliphatic rings. The van der Waals surface area contributed by atoms with E-state index in [1.165, 1.54) is 0 Å². The van der Waals surface area contributed by atoms with Crippen LogP contribution in [-0.2, 0) is 0 Å².